The topological polar surface area (TPSA) is 98.5 Å². The summed E-state index contributed by atoms with van der Waals surface area (Å²) < 4.78 is 3.05. The van der Waals surface area contributed by atoms with E-state index in [1.165, 1.54) is 10.8 Å². The van der Waals surface area contributed by atoms with Crippen LogP contribution in [0.3, 0.4) is 0 Å². The third-order valence-corrected chi connectivity index (χ3v) is 4.39. The minimum absolute atomic E-state index is 0.145. The van der Waals surface area contributed by atoms with Crippen LogP contribution < -0.4 is 11.2 Å². The van der Waals surface area contributed by atoms with Crippen LogP contribution in [0.5, 0.6) is 0 Å². The van der Waals surface area contributed by atoms with Gasteiger partial charge in [-0.2, -0.15) is 4.68 Å². The molecule has 0 amide bonds. The largest absolute Gasteiger partial charge is 0.328 e. The minimum Gasteiger partial charge on any atom is -0.293 e. The number of pyridine rings is 1. The number of nitrogens with one attached hydrogen (secondary N) is 1. The van der Waals surface area contributed by atoms with Crippen LogP contribution in [-0.2, 0) is 6.54 Å². The number of aromatic amines is 1. The number of hydrogen-bond acceptors (Lipinski definition) is 5. The van der Waals surface area contributed by atoms with E-state index in [4.69, 9.17) is 0 Å². The van der Waals surface area contributed by atoms with E-state index in [1.807, 2.05) is 49.4 Å². The van der Waals surface area contributed by atoms with Crippen molar-refractivity contribution in [2.45, 2.75) is 20.4 Å². The molecule has 28 heavy (non-hydrogen) atoms. The zero-order valence-electron chi connectivity index (χ0n) is 15.5. The van der Waals surface area contributed by atoms with Gasteiger partial charge < -0.3 is 0 Å². The molecule has 0 aliphatic rings. The molecule has 0 saturated heterocycles. The molecule has 0 spiro atoms. The first kappa shape index (κ1) is 17.6. The maximum Gasteiger partial charge on any atom is 0.328 e. The van der Waals surface area contributed by atoms with Crippen LogP contribution in [0.4, 0.5) is 0 Å². The highest BCUT2D eigenvalue weighted by molar-refractivity contribution is 5.54. The van der Waals surface area contributed by atoms with Crippen molar-refractivity contribution in [3.05, 3.63) is 92.6 Å². The Morgan fingerprint density at radius 2 is 1.79 bits per heavy atom. The van der Waals surface area contributed by atoms with Crippen LogP contribution >= 0.6 is 0 Å². The number of benzene rings is 1. The third kappa shape index (κ3) is 3.27. The molecule has 0 unspecified atom stereocenters. The third-order valence-electron chi connectivity index (χ3n) is 4.39. The maximum absolute atomic E-state index is 12.2. The van der Waals surface area contributed by atoms with Crippen molar-refractivity contribution in [3.63, 3.8) is 0 Å². The normalized spacial score (nSPS) is 10.9. The zero-order chi connectivity index (χ0) is 19.7. The highest BCUT2D eigenvalue weighted by Crippen LogP contribution is 2.19. The van der Waals surface area contributed by atoms with Crippen molar-refractivity contribution in [1.29, 1.82) is 0 Å². The van der Waals surface area contributed by atoms with Gasteiger partial charge >= 0.3 is 5.69 Å². The second-order valence-corrected chi connectivity index (χ2v) is 6.47. The number of H-pyrrole nitrogens is 1. The fraction of sp³-hybridized carbons (Fsp3) is 0.150. The van der Waals surface area contributed by atoms with Crippen LogP contribution in [0.25, 0.3) is 17.2 Å². The molecular formula is C20H18N6O2. The quantitative estimate of drug-likeness (QED) is 0.588. The van der Waals surface area contributed by atoms with Gasteiger partial charge in [-0.25, -0.2) is 14.8 Å². The summed E-state index contributed by atoms with van der Waals surface area (Å²) in [6.45, 7) is 3.73. The SMILES string of the molecule is Cc1cccnc1-n1nc(-c2ccccc2)nc1Cn1cc(C)c(=O)[nH]c1=O. The van der Waals surface area contributed by atoms with E-state index < -0.39 is 11.2 Å². The molecule has 8 heteroatoms. The first-order valence-electron chi connectivity index (χ1n) is 8.76. The minimum atomic E-state index is -0.496. The van der Waals surface area contributed by atoms with E-state index in [-0.39, 0.29) is 6.54 Å². The van der Waals surface area contributed by atoms with Gasteiger partial charge in [0.15, 0.2) is 17.5 Å². The van der Waals surface area contributed by atoms with Gasteiger partial charge in [-0.1, -0.05) is 36.4 Å². The first-order valence-corrected chi connectivity index (χ1v) is 8.76. The molecule has 1 aromatic carbocycles. The summed E-state index contributed by atoms with van der Waals surface area (Å²) in [6.07, 6.45) is 3.21. The summed E-state index contributed by atoms with van der Waals surface area (Å²) in [4.78, 5) is 35.3. The molecule has 0 bridgehead atoms. The van der Waals surface area contributed by atoms with E-state index >= 15 is 0 Å². The molecule has 0 radical (unpaired) electrons. The van der Waals surface area contributed by atoms with Gasteiger partial charge in [0.1, 0.15) is 0 Å². The molecule has 0 saturated carbocycles. The number of nitrogens with zero attached hydrogens (tertiary/aromatic N) is 5. The van der Waals surface area contributed by atoms with Crippen molar-refractivity contribution >= 4 is 0 Å². The van der Waals surface area contributed by atoms with Crippen LogP contribution in [0.1, 0.15) is 17.0 Å². The lowest BCUT2D eigenvalue weighted by atomic mass is 10.2. The summed E-state index contributed by atoms with van der Waals surface area (Å²) in [6, 6.07) is 13.4. The number of aromatic nitrogens is 6. The van der Waals surface area contributed by atoms with Crippen LogP contribution in [0, 0.1) is 13.8 Å². The van der Waals surface area contributed by atoms with E-state index in [1.54, 1.807) is 17.8 Å². The Balaban J connectivity index is 1.87. The Bertz CT molecular complexity index is 1250. The van der Waals surface area contributed by atoms with E-state index in [9.17, 15) is 9.59 Å². The van der Waals surface area contributed by atoms with Gasteiger partial charge in [0.25, 0.3) is 5.56 Å². The van der Waals surface area contributed by atoms with E-state index in [2.05, 4.69) is 20.1 Å². The molecule has 0 aliphatic heterocycles. The van der Waals surface area contributed by atoms with Crippen molar-refractivity contribution in [2.24, 2.45) is 0 Å². The summed E-state index contributed by atoms with van der Waals surface area (Å²) >= 11 is 0. The lowest BCUT2D eigenvalue weighted by molar-refractivity contribution is 0.651. The smallest absolute Gasteiger partial charge is 0.293 e. The molecule has 4 rings (SSSR count). The predicted octanol–water partition coefficient (Wildman–Crippen LogP) is 1.84. The van der Waals surface area contributed by atoms with Crippen molar-refractivity contribution in [3.8, 4) is 17.2 Å². The van der Waals surface area contributed by atoms with Gasteiger partial charge in [0.2, 0.25) is 0 Å². The van der Waals surface area contributed by atoms with E-state index in [0.29, 0.717) is 23.0 Å². The van der Waals surface area contributed by atoms with E-state index in [0.717, 1.165) is 11.1 Å². The van der Waals surface area contributed by atoms with Crippen LogP contribution in [0.2, 0.25) is 0 Å². The average molecular weight is 374 g/mol. The Morgan fingerprint density at radius 1 is 1.00 bits per heavy atom. The highest BCUT2D eigenvalue weighted by Gasteiger charge is 2.16. The van der Waals surface area contributed by atoms with Gasteiger partial charge in [0.05, 0.1) is 6.54 Å². The number of rotatable bonds is 4. The summed E-state index contributed by atoms with van der Waals surface area (Å²) in [7, 11) is 0. The first-order chi connectivity index (χ1) is 13.5. The second kappa shape index (κ2) is 7.07. The Labute approximate surface area is 160 Å². The zero-order valence-corrected chi connectivity index (χ0v) is 15.5. The summed E-state index contributed by atoms with van der Waals surface area (Å²) in [5, 5.41) is 4.63. The molecule has 140 valence electrons. The van der Waals surface area contributed by atoms with Gasteiger partial charge in [-0.05, 0) is 25.5 Å². The molecule has 4 aromatic rings. The maximum atomic E-state index is 12.2. The van der Waals surface area contributed by atoms with Crippen LogP contribution in [-0.4, -0.2) is 29.3 Å². The Morgan fingerprint density at radius 3 is 2.54 bits per heavy atom. The lowest BCUT2D eigenvalue weighted by Crippen LogP contribution is -2.31. The van der Waals surface area contributed by atoms with Crippen molar-refractivity contribution < 1.29 is 0 Å². The Kier molecular flexibility index (Phi) is 4.44. The molecule has 1 N–H and O–H groups in total. The number of hydrogen-bond donors (Lipinski definition) is 1. The molecule has 8 nitrogen and oxygen atoms in total. The fourth-order valence-corrected chi connectivity index (χ4v) is 2.91. The summed E-state index contributed by atoms with van der Waals surface area (Å²) in [5.41, 5.74) is 1.35. The summed E-state index contributed by atoms with van der Waals surface area (Å²) in [5.74, 6) is 1.71. The second-order valence-electron chi connectivity index (χ2n) is 6.47. The lowest BCUT2D eigenvalue weighted by Gasteiger charge is -2.09. The molecular weight excluding hydrogens is 356 g/mol. The predicted molar refractivity (Wildman–Crippen MR) is 104 cm³/mol. The van der Waals surface area contributed by atoms with Gasteiger partial charge in [-0.15, -0.1) is 5.10 Å². The highest BCUT2D eigenvalue weighted by atomic mass is 16.2. The standard InChI is InChI=1S/C20H18N6O2/c1-13-7-6-10-21-18(13)26-16(12-25-11-14(2)19(27)23-20(25)28)22-17(24-26)15-8-4-3-5-9-15/h3-11H,12H2,1-2H3,(H,23,27,28). The molecule has 3 aromatic heterocycles. The molecule has 0 atom stereocenters. The fourth-order valence-electron chi connectivity index (χ4n) is 2.91. The number of aryl methyl sites for hydroxylation is 2. The van der Waals surface area contributed by atoms with Gasteiger partial charge in [-0.3, -0.25) is 14.3 Å². The monoisotopic (exact) mass is 374 g/mol. The molecule has 0 aliphatic carbocycles. The molecule has 3 heterocycles. The molecule has 0 fully saturated rings. The average Bonchev–Trinajstić information content (AvgIpc) is 3.11. The van der Waals surface area contributed by atoms with Crippen molar-refractivity contribution in [1.82, 2.24) is 29.3 Å². The van der Waals surface area contributed by atoms with Crippen molar-refractivity contribution in [2.75, 3.05) is 0 Å². The van der Waals surface area contributed by atoms with Gasteiger partial charge in [0, 0.05) is 23.5 Å². The van der Waals surface area contributed by atoms with Crippen LogP contribution in [0.15, 0.2) is 64.4 Å². The Hall–Kier alpha value is -3.81.